The molecular weight excluding hydrogens is 563 g/mol. The highest BCUT2D eigenvalue weighted by atomic mass is 19.4. The van der Waals surface area contributed by atoms with Gasteiger partial charge >= 0.3 is 6.18 Å². The van der Waals surface area contributed by atoms with Crippen LogP contribution in [0, 0.1) is 13.8 Å². The summed E-state index contributed by atoms with van der Waals surface area (Å²) in [6, 6.07) is 13.7. The van der Waals surface area contributed by atoms with Crippen molar-refractivity contribution in [2.45, 2.75) is 26.9 Å². The van der Waals surface area contributed by atoms with Crippen LogP contribution in [-0.2, 0) is 11.0 Å². The van der Waals surface area contributed by atoms with E-state index in [1.54, 1.807) is 62.0 Å². The first-order valence-corrected chi connectivity index (χ1v) is 12.7. The molecule has 0 aliphatic heterocycles. The minimum absolute atomic E-state index is 0.00114. The molecule has 1 amide bonds. The number of halogens is 3. The lowest BCUT2D eigenvalue weighted by atomic mass is 10.1. The summed E-state index contributed by atoms with van der Waals surface area (Å²) in [6.07, 6.45) is 3.38. The molecule has 3 aromatic heterocycles. The number of aromatic nitrogens is 5. The lowest BCUT2D eigenvalue weighted by Gasteiger charge is -2.14. The summed E-state index contributed by atoms with van der Waals surface area (Å²) < 4.78 is 42.3. The Morgan fingerprint density at radius 3 is 2.40 bits per heavy atom. The summed E-state index contributed by atoms with van der Waals surface area (Å²) in [7, 11) is 0. The Balaban J connectivity index is 0.000000996. The fourth-order valence-corrected chi connectivity index (χ4v) is 3.87. The molecule has 10 nitrogen and oxygen atoms in total. The standard InChI is InChI=1S/C28H22F3N7O.C2H4O2/c1-17-5-6-19(10-25(17)37-27-33-9-7-24(36-27)20-4-3-8-32-14-20)26(39)35-22-11-21(28(29,30)31)12-23(13-22)38-15-18(2)34-16-38;1-2(3)4/h3-16H,1-2H3,(H,35,39)(H,33,36,37);1H3,(H,3,4)/p-1. The first kappa shape index (κ1) is 30.4. The number of aliphatic carboxylic acids is 1. The van der Waals surface area contributed by atoms with Gasteiger partial charge in [0.1, 0.15) is 0 Å². The molecule has 5 rings (SSSR count). The van der Waals surface area contributed by atoms with Crippen LogP contribution in [0.5, 0.6) is 0 Å². The number of carboxylic acids is 1. The maximum absolute atomic E-state index is 13.6. The van der Waals surface area contributed by atoms with Crippen LogP contribution in [0.2, 0.25) is 0 Å². The van der Waals surface area contributed by atoms with Crippen molar-refractivity contribution in [3.63, 3.8) is 0 Å². The fourth-order valence-electron chi connectivity index (χ4n) is 3.87. The Labute approximate surface area is 244 Å². The molecule has 2 aromatic carbocycles. The number of benzene rings is 2. The molecule has 0 spiro atoms. The topological polar surface area (TPSA) is 138 Å². The number of nitrogens with zero attached hydrogens (tertiary/aromatic N) is 5. The van der Waals surface area contributed by atoms with Gasteiger partial charge in [0.15, 0.2) is 0 Å². The number of alkyl halides is 3. The first-order valence-electron chi connectivity index (χ1n) is 12.7. The van der Waals surface area contributed by atoms with Crippen molar-refractivity contribution in [1.29, 1.82) is 0 Å². The van der Waals surface area contributed by atoms with Crippen LogP contribution in [0.3, 0.4) is 0 Å². The summed E-state index contributed by atoms with van der Waals surface area (Å²) in [5.74, 6) is -1.34. The van der Waals surface area contributed by atoms with Gasteiger partial charge in [0.05, 0.1) is 23.3 Å². The second-order valence-corrected chi connectivity index (χ2v) is 9.30. The predicted molar refractivity (Wildman–Crippen MR) is 152 cm³/mol. The number of carbonyl (C=O) groups excluding carboxylic acids is 2. The van der Waals surface area contributed by atoms with Crippen LogP contribution in [0.1, 0.15) is 34.1 Å². The predicted octanol–water partition coefficient (Wildman–Crippen LogP) is 5.11. The van der Waals surface area contributed by atoms with Gasteiger partial charge in [-0.05, 0) is 74.9 Å². The molecule has 3 heterocycles. The molecule has 0 saturated carbocycles. The molecule has 0 aliphatic rings. The normalized spacial score (nSPS) is 10.8. The van der Waals surface area contributed by atoms with E-state index >= 15 is 0 Å². The van der Waals surface area contributed by atoms with Crippen molar-refractivity contribution in [1.82, 2.24) is 24.5 Å². The van der Waals surface area contributed by atoms with E-state index in [2.05, 4.69) is 30.6 Å². The Morgan fingerprint density at radius 1 is 0.977 bits per heavy atom. The third-order valence-corrected chi connectivity index (χ3v) is 5.87. The summed E-state index contributed by atoms with van der Waals surface area (Å²) >= 11 is 0. The molecule has 0 bridgehead atoms. The second kappa shape index (κ2) is 12.9. The minimum atomic E-state index is -4.60. The summed E-state index contributed by atoms with van der Waals surface area (Å²) in [5, 5.41) is 14.6. The summed E-state index contributed by atoms with van der Waals surface area (Å²) in [5.41, 5.74) is 3.09. The van der Waals surface area contributed by atoms with E-state index in [9.17, 15) is 18.0 Å². The average molecular weight is 589 g/mol. The third kappa shape index (κ3) is 8.22. The van der Waals surface area contributed by atoms with Crippen molar-refractivity contribution in [2.24, 2.45) is 0 Å². The molecular formula is C30H25F3N7O3-. The number of hydrogen-bond donors (Lipinski definition) is 2. The Hall–Kier alpha value is -5.59. The molecule has 0 aliphatic carbocycles. The van der Waals surface area contributed by atoms with E-state index < -0.39 is 23.6 Å². The van der Waals surface area contributed by atoms with Crippen LogP contribution in [-0.4, -0.2) is 36.4 Å². The summed E-state index contributed by atoms with van der Waals surface area (Å²) in [4.78, 5) is 38.9. The van der Waals surface area contributed by atoms with E-state index in [1.807, 2.05) is 13.0 Å². The third-order valence-electron chi connectivity index (χ3n) is 5.87. The number of imidazole rings is 1. The molecule has 2 N–H and O–H groups in total. The van der Waals surface area contributed by atoms with Crippen molar-refractivity contribution in [3.8, 4) is 16.9 Å². The maximum Gasteiger partial charge on any atom is 0.416 e. The molecule has 0 saturated heterocycles. The molecule has 5 aromatic rings. The number of anilines is 3. The van der Waals surface area contributed by atoms with Gasteiger partial charge in [-0.25, -0.2) is 15.0 Å². The van der Waals surface area contributed by atoms with Gasteiger partial charge in [0.25, 0.3) is 5.91 Å². The number of aryl methyl sites for hydroxylation is 2. The number of amides is 1. The Kier molecular flexibility index (Phi) is 9.14. The lowest BCUT2D eigenvalue weighted by Crippen LogP contribution is -2.16. The molecule has 0 atom stereocenters. The van der Waals surface area contributed by atoms with Crippen molar-refractivity contribution in [3.05, 3.63) is 108 Å². The van der Waals surface area contributed by atoms with Gasteiger partial charge in [0, 0.05) is 58.9 Å². The van der Waals surface area contributed by atoms with Gasteiger partial charge in [-0.2, -0.15) is 13.2 Å². The highest BCUT2D eigenvalue weighted by molar-refractivity contribution is 6.05. The Morgan fingerprint density at radius 2 is 1.74 bits per heavy atom. The van der Waals surface area contributed by atoms with Crippen molar-refractivity contribution < 1.29 is 27.9 Å². The quantitative estimate of drug-likeness (QED) is 0.279. The van der Waals surface area contributed by atoms with Crippen molar-refractivity contribution >= 4 is 29.2 Å². The second-order valence-electron chi connectivity index (χ2n) is 9.30. The largest absolute Gasteiger partial charge is 0.550 e. The molecule has 220 valence electrons. The van der Waals surface area contributed by atoms with Gasteiger partial charge in [-0.15, -0.1) is 0 Å². The highest BCUT2D eigenvalue weighted by Gasteiger charge is 2.31. The van der Waals surface area contributed by atoms with Crippen LogP contribution in [0.4, 0.5) is 30.5 Å². The van der Waals surface area contributed by atoms with Crippen molar-refractivity contribution in [2.75, 3.05) is 10.6 Å². The summed E-state index contributed by atoms with van der Waals surface area (Å²) in [6.45, 7) is 4.55. The van der Waals surface area contributed by atoms with Gasteiger partial charge < -0.3 is 25.1 Å². The van der Waals surface area contributed by atoms with E-state index in [0.29, 0.717) is 23.0 Å². The van der Waals surface area contributed by atoms with Crippen LogP contribution >= 0.6 is 0 Å². The molecule has 43 heavy (non-hydrogen) atoms. The van der Waals surface area contributed by atoms with E-state index in [0.717, 1.165) is 30.2 Å². The van der Waals surface area contributed by atoms with Crippen LogP contribution in [0.25, 0.3) is 16.9 Å². The first-order chi connectivity index (χ1) is 20.4. The smallest absolute Gasteiger partial charge is 0.416 e. The average Bonchev–Trinajstić information content (AvgIpc) is 3.40. The monoisotopic (exact) mass is 588 g/mol. The zero-order valence-electron chi connectivity index (χ0n) is 23.2. The Bertz CT molecular complexity index is 1750. The van der Waals surface area contributed by atoms with Crippen LogP contribution < -0.4 is 15.7 Å². The van der Waals surface area contributed by atoms with Crippen LogP contribution in [0.15, 0.2) is 85.7 Å². The number of nitrogens with one attached hydrogen (secondary N) is 2. The fraction of sp³-hybridized carbons (Fsp3) is 0.133. The number of hydrogen-bond acceptors (Lipinski definition) is 8. The number of carbonyl (C=O) groups is 2. The van der Waals surface area contributed by atoms with Gasteiger partial charge in [0.2, 0.25) is 5.95 Å². The van der Waals surface area contributed by atoms with Gasteiger partial charge in [-0.1, -0.05) is 6.07 Å². The zero-order chi connectivity index (χ0) is 31.1. The SMILES string of the molecule is CC(=O)[O-].Cc1cn(-c2cc(NC(=O)c3ccc(C)c(Nc4nccc(-c5cccnc5)n4)c3)cc(C(F)(F)F)c2)cn1. The number of rotatable bonds is 6. The minimum Gasteiger partial charge on any atom is -0.550 e. The molecule has 0 radical (unpaired) electrons. The van der Waals surface area contributed by atoms with E-state index in [-0.39, 0.29) is 16.9 Å². The number of pyridine rings is 1. The number of carboxylic acid groups (broad SMARTS) is 1. The maximum atomic E-state index is 13.6. The molecule has 13 heteroatoms. The van der Waals surface area contributed by atoms with E-state index in [1.165, 1.54) is 17.0 Å². The molecule has 0 unspecified atom stereocenters. The van der Waals surface area contributed by atoms with Gasteiger partial charge in [-0.3, -0.25) is 9.78 Å². The lowest BCUT2D eigenvalue weighted by molar-refractivity contribution is -0.302. The van der Waals surface area contributed by atoms with E-state index in [4.69, 9.17) is 9.90 Å². The molecule has 0 fully saturated rings. The zero-order valence-corrected chi connectivity index (χ0v) is 23.2. The highest BCUT2D eigenvalue weighted by Crippen LogP contribution is 2.33.